The molecule has 3 heteroatoms. The van der Waals surface area contributed by atoms with Crippen molar-refractivity contribution in [2.75, 3.05) is 26.2 Å². The minimum atomic E-state index is 0.332. The zero-order chi connectivity index (χ0) is 8.93. The molecule has 2 atom stereocenters. The number of rotatable bonds is 2. The fraction of sp³-hybridized carbons (Fsp3) is 1.00. The molecule has 0 amide bonds. The van der Waals surface area contributed by atoms with Gasteiger partial charge in [-0.2, -0.15) is 0 Å². The summed E-state index contributed by atoms with van der Waals surface area (Å²) in [7, 11) is 0. The van der Waals surface area contributed by atoms with Gasteiger partial charge in [0.25, 0.3) is 0 Å². The van der Waals surface area contributed by atoms with E-state index in [0.29, 0.717) is 6.23 Å². The van der Waals surface area contributed by atoms with E-state index in [0.717, 1.165) is 19.1 Å². The highest BCUT2D eigenvalue weighted by atomic mass is 16.5. The van der Waals surface area contributed by atoms with Crippen LogP contribution in [0.15, 0.2) is 0 Å². The standard InChI is InChI=1S/C10H20N2O/c1-3-9(8-11-4-1)7-10-12-5-2-6-13-10/h9-12H,1-8H2. The highest BCUT2D eigenvalue weighted by molar-refractivity contribution is 4.73. The van der Waals surface area contributed by atoms with E-state index in [1.807, 2.05) is 0 Å². The zero-order valence-electron chi connectivity index (χ0n) is 8.22. The van der Waals surface area contributed by atoms with Crippen molar-refractivity contribution in [2.45, 2.75) is 31.9 Å². The monoisotopic (exact) mass is 184 g/mol. The molecule has 2 rings (SSSR count). The van der Waals surface area contributed by atoms with Crippen molar-refractivity contribution >= 4 is 0 Å². The maximum atomic E-state index is 5.64. The van der Waals surface area contributed by atoms with Crippen molar-refractivity contribution in [3.05, 3.63) is 0 Å². The van der Waals surface area contributed by atoms with Crippen LogP contribution >= 0.6 is 0 Å². The molecular formula is C10H20N2O. The summed E-state index contributed by atoms with van der Waals surface area (Å²) in [5.41, 5.74) is 0. The van der Waals surface area contributed by atoms with Gasteiger partial charge in [0, 0.05) is 6.61 Å². The molecule has 0 bridgehead atoms. The van der Waals surface area contributed by atoms with Crippen molar-refractivity contribution in [3.63, 3.8) is 0 Å². The molecule has 76 valence electrons. The van der Waals surface area contributed by atoms with Crippen LogP contribution in [0.25, 0.3) is 0 Å². The van der Waals surface area contributed by atoms with Gasteiger partial charge in [0.1, 0.15) is 6.23 Å². The first kappa shape index (κ1) is 9.44. The van der Waals surface area contributed by atoms with Crippen LogP contribution in [-0.4, -0.2) is 32.5 Å². The summed E-state index contributed by atoms with van der Waals surface area (Å²) in [5, 5.41) is 6.86. The van der Waals surface area contributed by atoms with E-state index in [9.17, 15) is 0 Å². The Morgan fingerprint density at radius 2 is 2.23 bits per heavy atom. The quantitative estimate of drug-likeness (QED) is 0.663. The molecule has 2 N–H and O–H groups in total. The van der Waals surface area contributed by atoms with E-state index in [1.165, 1.54) is 38.8 Å². The Hall–Kier alpha value is -0.120. The van der Waals surface area contributed by atoms with Crippen LogP contribution < -0.4 is 10.6 Å². The molecule has 13 heavy (non-hydrogen) atoms. The van der Waals surface area contributed by atoms with Gasteiger partial charge in [0.2, 0.25) is 0 Å². The average molecular weight is 184 g/mol. The van der Waals surface area contributed by atoms with Gasteiger partial charge in [0.15, 0.2) is 0 Å². The number of nitrogens with one attached hydrogen (secondary N) is 2. The molecule has 2 fully saturated rings. The van der Waals surface area contributed by atoms with Gasteiger partial charge in [-0.25, -0.2) is 0 Å². The van der Waals surface area contributed by atoms with Crippen LogP contribution in [0.3, 0.4) is 0 Å². The minimum Gasteiger partial charge on any atom is -0.363 e. The molecule has 2 aliphatic heterocycles. The lowest BCUT2D eigenvalue weighted by Crippen LogP contribution is -2.41. The van der Waals surface area contributed by atoms with Gasteiger partial charge in [-0.1, -0.05) is 0 Å². The maximum absolute atomic E-state index is 5.64. The summed E-state index contributed by atoms with van der Waals surface area (Å²) in [4.78, 5) is 0. The molecular weight excluding hydrogens is 164 g/mol. The molecule has 0 spiro atoms. The topological polar surface area (TPSA) is 33.3 Å². The second-order valence-corrected chi connectivity index (χ2v) is 4.12. The molecule has 2 heterocycles. The third-order valence-corrected chi connectivity index (χ3v) is 2.96. The van der Waals surface area contributed by atoms with Crippen molar-refractivity contribution < 1.29 is 4.74 Å². The van der Waals surface area contributed by atoms with E-state index in [4.69, 9.17) is 4.74 Å². The maximum Gasteiger partial charge on any atom is 0.108 e. The lowest BCUT2D eigenvalue weighted by atomic mass is 9.95. The first-order chi connectivity index (χ1) is 6.45. The molecule has 0 radical (unpaired) electrons. The lowest BCUT2D eigenvalue weighted by Gasteiger charge is -2.30. The predicted octanol–water partition coefficient (Wildman–Crippen LogP) is 0.712. The van der Waals surface area contributed by atoms with Crippen molar-refractivity contribution in [2.24, 2.45) is 5.92 Å². The Labute approximate surface area is 80.2 Å². The number of hydrogen-bond acceptors (Lipinski definition) is 3. The van der Waals surface area contributed by atoms with Crippen LogP contribution in [-0.2, 0) is 4.74 Å². The van der Waals surface area contributed by atoms with Gasteiger partial charge < -0.3 is 10.1 Å². The molecule has 0 aromatic rings. The zero-order valence-corrected chi connectivity index (χ0v) is 8.22. The number of ether oxygens (including phenoxy) is 1. The summed E-state index contributed by atoms with van der Waals surface area (Å²) >= 11 is 0. The highest BCUT2D eigenvalue weighted by Crippen LogP contribution is 2.17. The lowest BCUT2D eigenvalue weighted by molar-refractivity contribution is -0.0150. The summed E-state index contributed by atoms with van der Waals surface area (Å²) in [6.45, 7) is 4.46. The number of piperidine rings is 1. The van der Waals surface area contributed by atoms with Gasteiger partial charge in [-0.05, 0) is 51.2 Å². The van der Waals surface area contributed by atoms with Crippen LogP contribution in [0.2, 0.25) is 0 Å². The molecule has 0 aromatic carbocycles. The summed E-state index contributed by atoms with van der Waals surface area (Å²) in [6, 6.07) is 0. The van der Waals surface area contributed by atoms with E-state index < -0.39 is 0 Å². The SMILES string of the molecule is C1CNC(CC2CCCNC2)OC1. The second-order valence-electron chi connectivity index (χ2n) is 4.12. The van der Waals surface area contributed by atoms with Gasteiger partial charge in [-0.15, -0.1) is 0 Å². The van der Waals surface area contributed by atoms with Crippen LogP contribution in [0, 0.1) is 5.92 Å². The van der Waals surface area contributed by atoms with E-state index in [2.05, 4.69) is 10.6 Å². The largest absolute Gasteiger partial charge is 0.363 e. The fourth-order valence-electron chi connectivity index (χ4n) is 2.20. The highest BCUT2D eigenvalue weighted by Gasteiger charge is 2.20. The first-order valence-electron chi connectivity index (χ1n) is 5.51. The van der Waals surface area contributed by atoms with Gasteiger partial charge in [0.05, 0.1) is 0 Å². The molecule has 2 saturated heterocycles. The predicted molar refractivity (Wildman–Crippen MR) is 52.6 cm³/mol. The molecule has 2 aliphatic rings. The minimum absolute atomic E-state index is 0.332. The summed E-state index contributed by atoms with van der Waals surface area (Å²) in [6.07, 6.45) is 5.39. The van der Waals surface area contributed by atoms with E-state index in [-0.39, 0.29) is 0 Å². The van der Waals surface area contributed by atoms with Gasteiger partial charge in [-0.3, -0.25) is 5.32 Å². The van der Waals surface area contributed by atoms with Crippen LogP contribution in [0.5, 0.6) is 0 Å². The Morgan fingerprint density at radius 3 is 2.92 bits per heavy atom. The Bertz CT molecular complexity index is 124. The molecule has 0 aromatic heterocycles. The van der Waals surface area contributed by atoms with Crippen molar-refractivity contribution in [1.29, 1.82) is 0 Å². The van der Waals surface area contributed by atoms with Crippen LogP contribution in [0.1, 0.15) is 25.7 Å². The third kappa shape index (κ3) is 2.93. The molecule has 3 nitrogen and oxygen atoms in total. The normalized spacial score (nSPS) is 36.0. The van der Waals surface area contributed by atoms with Crippen molar-refractivity contribution in [1.82, 2.24) is 10.6 Å². The molecule has 0 saturated carbocycles. The van der Waals surface area contributed by atoms with Crippen molar-refractivity contribution in [3.8, 4) is 0 Å². The Kier molecular flexibility index (Phi) is 3.58. The first-order valence-corrected chi connectivity index (χ1v) is 5.51. The number of hydrogen-bond donors (Lipinski definition) is 2. The molecule has 2 unspecified atom stereocenters. The molecule has 0 aliphatic carbocycles. The Morgan fingerprint density at radius 1 is 1.23 bits per heavy atom. The summed E-state index contributed by atoms with van der Waals surface area (Å²) < 4.78 is 5.64. The van der Waals surface area contributed by atoms with Gasteiger partial charge >= 0.3 is 0 Å². The van der Waals surface area contributed by atoms with Crippen LogP contribution in [0.4, 0.5) is 0 Å². The fourth-order valence-corrected chi connectivity index (χ4v) is 2.20. The third-order valence-electron chi connectivity index (χ3n) is 2.96. The average Bonchev–Trinajstić information content (AvgIpc) is 2.21. The van der Waals surface area contributed by atoms with E-state index >= 15 is 0 Å². The second kappa shape index (κ2) is 4.94. The van der Waals surface area contributed by atoms with E-state index in [1.54, 1.807) is 0 Å². The Balaban J connectivity index is 1.69. The summed E-state index contributed by atoms with van der Waals surface area (Å²) in [5.74, 6) is 0.823. The smallest absolute Gasteiger partial charge is 0.108 e.